The molecule has 2 rings (SSSR count). The molecule has 0 spiro atoms. The predicted molar refractivity (Wildman–Crippen MR) is 112 cm³/mol. The van der Waals surface area contributed by atoms with Crippen LogP contribution in [0.3, 0.4) is 0 Å². The summed E-state index contributed by atoms with van der Waals surface area (Å²) < 4.78 is 0. The van der Waals surface area contributed by atoms with Crippen LogP contribution < -0.4 is 22.1 Å². The van der Waals surface area contributed by atoms with Crippen molar-refractivity contribution in [2.24, 2.45) is 17.4 Å². The summed E-state index contributed by atoms with van der Waals surface area (Å²) >= 11 is 0. The molecule has 0 bridgehead atoms. The number of hydrogen-bond acceptors (Lipinski definition) is 7. The summed E-state index contributed by atoms with van der Waals surface area (Å²) in [7, 11) is 1.55. The second-order valence-corrected chi connectivity index (χ2v) is 7.44. The molecule has 8 nitrogen and oxygen atoms in total. The summed E-state index contributed by atoms with van der Waals surface area (Å²) in [4.78, 5) is 23.4. The van der Waals surface area contributed by atoms with E-state index in [0.717, 1.165) is 37.6 Å². The number of anilines is 1. The van der Waals surface area contributed by atoms with E-state index in [9.17, 15) is 4.79 Å². The quantitative estimate of drug-likeness (QED) is 0.391. The molecule has 0 unspecified atom stereocenters. The van der Waals surface area contributed by atoms with Crippen molar-refractivity contribution in [1.29, 1.82) is 0 Å². The van der Waals surface area contributed by atoms with Gasteiger partial charge in [-0.1, -0.05) is 13.8 Å². The Kier molecular flexibility index (Phi) is 7.80. The molecule has 2 heterocycles. The van der Waals surface area contributed by atoms with Gasteiger partial charge < -0.3 is 27.0 Å². The van der Waals surface area contributed by atoms with Gasteiger partial charge >= 0.3 is 0 Å². The highest BCUT2D eigenvalue weighted by Gasteiger charge is 2.14. The number of hydrogen-bond donors (Lipinski definition) is 4. The molecule has 1 fully saturated rings. The molecule has 154 valence electrons. The van der Waals surface area contributed by atoms with Gasteiger partial charge in [0, 0.05) is 31.8 Å². The van der Waals surface area contributed by atoms with Crippen LogP contribution in [0.15, 0.2) is 29.2 Å². The van der Waals surface area contributed by atoms with E-state index in [1.807, 2.05) is 26.8 Å². The van der Waals surface area contributed by atoms with Crippen molar-refractivity contribution in [3.63, 3.8) is 0 Å². The van der Waals surface area contributed by atoms with Crippen molar-refractivity contribution in [1.82, 2.24) is 20.2 Å². The minimum atomic E-state index is -0.324. The van der Waals surface area contributed by atoms with Crippen LogP contribution in [-0.4, -0.2) is 47.5 Å². The van der Waals surface area contributed by atoms with Crippen LogP contribution in [0.4, 0.5) is 5.82 Å². The Balaban J connectivity index is 2.14. The van der Waals surface area contributed by atoms with Gasteiger partial charge in [-0.15, -0.1) is 0 Å². The van der Waals surface area contributed by atoms with Crippen LogP contribution in [0.5, 0.6) is 0 Å². The fourth-order valence-electron chi connectivity index (χ4n) is 3.24. The predicted octanol–water partition coefficient (Wildman–Crippen LogP) is 1.25. The van der Waals surface area contributed by atoms with Crippen molar-refractivity contribution in [3.05, 3.63) is 40.8 Å². The van der Waals surface area contributed by atoms with E-state index in [4.69, 9.17) is 11.5 Å². The highest BCUT2D eigenvalue weighted by Crippen LogP contribution is 2.16. The largest absolute Gasteiger partial charge is 0.394 e. The number of likely N-dealkylation sites (N-methyl/N-ethyl adjacent to an activating group) is 1. The van der Waals surface area contributed by atoms with Gasteiger partial charge in [0.25, 0.3) is 5.91 Å². The van der Waals surface area contributed by atoms with E-state index in [2.05, 4.69) is 25.5 Å². The lowest BCUT2D eigenvalue weighted by Gasteiger charge is -2.15. The van der Waals surface area contributed by atoms with E-state index >= 15 is 0 Å². The zero-order chi connectivity index (χ0) is 20.7. The molecule has 6 N–H and O–H groups in total. The first-order valence-electron chi connectivity index (χ1n) is 9.83. The third-order valence-electron chi connectivity index (χ3n) is 4.74. The summed E-state index contributed by atoms with van der Waals surface area (Å²) in [5.41, 5.74) is 13.8. The Morgan fingerprint density at radius 2 is 1.96 bits per heavy atom. The smallest absolute Gasteiger partial charge is 0.267 e. The second-order valence-electron chi connectivity index (χ2n) is 7.44. The Bertz CT molecular complexity index is 749. The van der Waals surface area contributed by atoms with Crippen LogP contribution >= 0.6 is 0 Å². The summed E-state index contributed by atoms with van der Waals surface area (Å²) in [6.07, 6.45) is 5.04. The fourth-order valence-corrected chi connectivity index (χ4v) is 3.24. The minimum absolute atomic E-state index is 0.0424. The van der Waals surface area contributed by atoms with Gasteiger partial charge in [-0.25, -0.2) is 9.97 Å². The maximum atomic E-state index is 11.9. The molecule has 8 heteroatoms. The van der Waals surface area contributed by atoms with E-state index in [1.165, 1.54) is 12.8 Å². The number of carbonyl (C=O) groups is 1. The van der Waals surface area contributed by atoms with Crippen LogP contribution in [0.1, 0.15) is 38.2 Å². The summed E-state index contributed by atoms with van der Waals surface area (Å²) in [6.45, 7) is 9.14. The molecule has 28 heavy (non-hydrogen) atoms. The molecule has 1 aromatic heterocycles. The SMILES string of the molecule is CNC(=O)/C(N)=C(/C=C(\N)Nc1cc(C)nc(CCN2CCCC2)n1)C(C)C. The third kappa shape index (κ3) is 6.23. The van der Waals surface area contributed by atoms with Crippen molar-refractivity contribution in [3.8, 4) is 0 Å². The highest BCUT2D eigenvalue weighted by atomic mass is 16.1. The van der Waals surface area contributed by atoms with Gasteiger partial charge in [0.2, 0.25) is 0 Å². The second kappa shape index (κ2) is 10.1. The standard InChI is InChI=1S/C20H33N7O/c1-13(2)15(19(22)20(28)23-4)12-16(21)25-18-11-14(3)24-17(26-18)7-10-27-8-5-6-9-27/h11-13H,5-10,21-22H2,1-4H3,(H,23,28)(H,24,25,26)/b16-12+,19-15+. The number of amides is 1. The van der Waals surface area contributed by atoms with Crippen molar-refractivity contribution in [2.75, 3.05) is 32.0 Å². The monoisotopic (exact) mass is 387 g/mol. The molecule has 1 aromatic rings. The van der Waals surface area contributed by atoms with Gasteiger partial charge in [-0.05, 0) is 50.4 Å². The molecule has 0 saturated carbocycles. The highest BCUT2D eigenvalue weighted by molar-refractivity contribution is 5.93. The van der Waals surface area contributed by atoms with Gasteiger partial charge in [0.15, 0.2) is 0 Å². The summed E-state index contributed by atoms with van der Waals surface area (Å²) in [6, 6.07) is 1.85. The zero-order valence-corrected chi connectivity index (χ0v) is 17.4. The summed E-state index contributed by atoms with van der Waals surface area (Å²) in [5, 5.41) is 5.64. The number of nitrogens with two attached hydrogens (primary N) is 2. The normalized spacial score (nSPS) is 16.2. The topological polar surface area (TPSA) is 122 Å². The molecule has 0 atom stereocenters. The first-order valence-corrected chi connectivity index (χ1v) is 9.83. The van der Waals surface area contributed by atoms with Crippen molar-refractivity contribution < 1.29 is 4.79 Å². The number of carbonyl (C=O) groups excluding carboxylic acids is 1. The lowest BCUT2D eigenvalue weighted by Crippen LogP contribution is -2.27. The van der Waals surface area contributed by atoms with Crippen molar-refractivity contribution >= 4 is 11.7 Å². The van der Waals surface area contributed by atoms with E-state index < -0.39 is 0 Å². The Morgan fingerprint density at radius 3 is 2.57 bits per heavy atom. The van der Waals surface area contributed by atoms with Gasteiger partial charge in [-0.2, -0.15) is 0 Å². The van der Waals surface area contributed by atoms with Crippen LogP contribution in [0.2, 0.25) is 0 Å². The molecular weight excluding hydrogens is 354 g/mol. The molecule has 1 aliphatic rings. The molecule has 1 amide bonds. The van der Waals surface area contributed by atoms with Crippen molar-refractivity contribution in [2.45, 2.75) is 40.0 Å². The molecule has 1 saturated heterocycles. The maximum Gasteiger partial charge on any atom is 0.267 e. The van der Waals surface area contributed by atoms with E-state index in [0.29, 0.717) is 17.2 Å². The number of nitrogens with one attached hydrogen (secondary N) is 2. The van der Waals surface area contributed by atoms with Gasteiger partial charge in [-0.3, -0.25) is 4.79 Å². The third-order valence-corrected chi connectivity index (χ3v) is 4.74. The number of nitrogens with zero attached hydrogens (tertiary/aromatic N) is 3. The number of aromatic nitrogens is 2. The van der Waals surface area contributed by atoms with Gasteiger partial charge in [0.05, 0.1) is 0 Å². The fraction of sp³-hybridized carbons (Fsp3) is 0.550. The minimum Gasteiger partial charge on any atom is -0.394 e. The van der Waals surface area contributed by atoms with E-state index in [1.54, 1.807) is 13.1 Å². The average Bonchev–Trinajstić information content (AvgIpc) is 3.16. The zero-order valence-electron chi connectivity index (χ0n) is 17.4. The number of likely N-dealkylation sites (tertiary alicyclic amines) is 1. The average molecular weight is 388 g/mol. The first-order chi connectivity index (χ1) is 13.3. The lowest BCUT2D eigenvalue weighted by atomic mass is 10.00. The lowest BCUT2D eigenvalue weighted by molar-refractivity contribution is -0.117. The van der Waals surface area contributed by atoms with Crippen LogP contribution in [0.25, 0.3) is 0 Å². The Labute approximate surface area is 167 Å². The van der Waals surface area contributed by atoms with Crippen LogP contribution in [0, 0.1) is 12.8 Å². The molecule has 0 aliphatic carbocycles. The molecule has 0 aromatic carbocycles. The molecule has 0 radical (unpaired) electrons. The Morgan fingerprint density at radius 1 is 1.29 bits per heavy atom. The maximum absolute atomic E-state index is 11.9. The van der Waals surface area contributed by atoms with Gasteiger partial charge in [0.1, 0.15) is 23.2 Å². The van der Waals surface area contributed by atoms with E-state index in [-0.39, 0.29) is 17.5 Å². The van der Waals surface area contributed by atoms with Crippen LogP contribution in [-0.2, 0) is 11.2 Å². The summed E-state index contributed by atoms with van der Waals surface area (Å²) in [5.74, 6) is 1.53. The molecular formula is C20H33N7O. The Hall–Kier alpha value is -2.61. The number of rotatable bonds is 8. The number of allylic oxidation sites excluding steroid dienone is 2. The first kappa shape index (κ1) is 21.7. The number of aryl methyl sites for hydroxylation is 1. The molecule has 1 aliphatic heterocycles.